The zero-order valence-corrected chi connectivity index (χ0v) is 18.8. The molecule has 1 saturated heterocycles. The molecule has 2 aliphatic rings. The number of nitrogens with one attached hydrogen (secondary N) is 1. The highest BCUT2D eigenvalue weighted by molar-refractivity contribution is 8.93. The SMILES string of the molecule is Br.FC(F)(F)c1ccnc(N2CCN(Cc3cnc(-c4ccc5c(c4)CCO5)[nH]3)CC2)n1. The Bertz CT molecular complexity index is 1080. The van der Waals surface area contributed by atoms with E-state index >= 15 is 0 Å². The highest BCUT2D eigenvalue weighted by Gasteiger charge is 2.33. The number of aromatic nitrogens is 4. The van der Waals surface area contributed by atoms with Crippen molar-refractivity contribution in [2.75, 3.05) is 37.7 Å². The number of anilines is 1. The van der Waals surface area contributed by atoms with E-state index in [1.165, 1.54) is 5.56 Å². The first kappa shape index (κ1) is 22.5. The number of rotatable bonds is 4. The molecule has 2 aromatic heterocycles. The standard InChI is InChI=1S/C21H21F3N6O.BrH/c22-21(23,24)18-3-5-25-20(28-18)30-8-6-29(7-9-30)13-16-12-26-19(27-16)15-1-2-17-14(11-15)4-10-31-17;/h1-3,5,11-12H,4,6-10,13H2,(H,26,27);1H. The lowest BCUT2D eigenvalue weighted by molar-refractivity contribution is -0.141. The molecule has 2 aliphatic heterocycles. The highest BCUT2D eigenvalue weighted by atomic mass is 79.9. The van der Waals surface area contributed by atoms with Crippen molar-refractivity contribution in [3.05, 3.63) is 53.6 Å². The molecule has 11 heteroatoms. The van der Waals surface area contributed by atoms with Crippen molar-refractivity contribution in [3.63, 3.8) is 0 Å². The zero-order chi connectivity index (χ0) is 21.4. The summed E-state index contributed by atoms with van der Waals surface area (Å²) in [6, 6.07) is 6.98. The van der Waals surface area contributed by atoms with Crippen molar-refractivity contribution in [2.24, 2.45) is 0 Å². The Morgan fingerprint density at radius 3 is 2.66 bits per heavy atom. The fraction of sp³-hybridized carbons (Fsp3) is 0.381. The van der Waals surface area contributed by atoms with Gasteiger partial charge in [-0.3, -0.25) is 4.90 Å². The number of imidazole rings is 1. The van der Waals surface area contributed by atoms with Crippen molar-refractivity contribution in [3.8, 4) is 17.1 Å². The van der Waals surface area contributed by atoms with Crippen LogP contribution in [-0.4, -0.2) is 57.6 Å². The van der Waals surface area contributed by atoms with Crippen LogP contribution < -0.4 is 9.64 Å². The molecule has 1 N–H and O–H groups in total. The quantitative estimate of drug-likeness (QED) is 0.576. The van der Waals surface area contributed by atoms with E-state index < -0.39 is 11.9 Å². The summed E-state index contributed by atoms with van der Waals surface area (Å²) in [5.74, 6) is 1.89. The fourth-order valence-corrected chi connectivity index (χ4v) is 3.93. The number of fused-ring (bicyclic) bond motifs is 1. The van der Waals surface area contributed by atoms with Gasteiger partial charge in [0.05, 0.1) is 6.61 Å². The third-order valence-corrected chi connectivity index (χ3v) is 5.57. The molecule has 0 spiro atoms. The summed E-state index contributed by atoms with van der Waals surface area (Å²) in [6.45, 7) is 3.94. The molecule has 0 unspecified atom stereocenters. The molecule has 32 heavy (non-hydrogen) atoms. The van der Waals surface area contributed by atoms with Gasteiger partial charge in [-0.05, 0) is 29.8 Å². The van der Waals surface area contributed by atoms with Crippen LogP contribution in [0.15, 0.2) is 36.7 Å². The lowest BCUT2D eigenvalue weighted by atomic mass is 10.1. The third-order valence-electron chi connectivity index (χ3n) is 5.57. The van der Waals surface area contributed by atoms with E-state index in [1.807, 2.05) is 18.3 Å². The Labute approximate surface area is 193 Å². The van der Waals surface area contributed by atoms with E-state index in [1.54, 1.807) is 4.90 Å². The maximum absolute atomic E-state index is 12.9. The van der Waals surface area contributed by atoms with Crippen LogP contribution in [0.5, 0.6) is 5.75 Å². The summed E-state index contributed by atoms with van der Waals surface area (Å²) in [5, 5.41) is 0. The van der Waals surface area contributed by atoms with Crippen molar-refractivity contribution in [2.45, 2.75) is 19.1 Å². The summed E-state index contributed by atoms with van der Waals surface area (Å²) in [7, 11) is 0. The second-order valence-electron chi connectivity index (χ2n) is 7.68. The largest absolute Gasteiger partial charge is 0.493 e. The first-order valence-corrected chi connectivity index (χ1v) is 10.1. The number of hydrogen-bond donors (Lipinski definition) is 1. The van der Waals surface area contributed by atoms with Crippen LogP contribution in [0.1, 0.15) is 17.0 Å². The summed E-state index contributed by atoms with van der Waals surface area (Å²) >= 11 is 0. The topological polar surface area (TPSA) is 70.2 Å². The van der Waals surface area contributed by atoms with Gasteiger partial charge in [0.2, 0.25) is 5.95 Å². The zero-order valence-electron chi connectivity index (χ0n) is 17.1. The van der Waals surface area contributed by atoms with Crippen LogP contribution >= 0.6 is 17.0 Å². The Hall–Kier alpha value is -2.66. The van der Waals surface area contributed by atoms with Gasteiger partial charge in [0, 0.05) is 62.8 Å². The van der Waals surface area contributed by atoms with Gasteiger partial charge in [-0.2, -0.15) is 13.2 Å². The molecule has 5 rings (SSSR count). The number of ether oxygens (including phenoxy) is 1. The molecule has 0 radical (unpaired) electrons. The van der Waals surface area contributed by atoms with Crippen LogP contribution in [-0.2, 0) is 19.1 Å². The number of nitrogens with zero attached hydrogens (tertiary/aromatic N) is 5. The summed E-state index contributed by atoms with van der Waals surface area (Å²) in [6.07, 6.45) is -0.559. The van der Waals surface area contributed by atoms with Gasteiger partial charge in [0.25, 0.3) is 0 Å². The van der Waals surface area contributed by atoms with Crippen LogP contribution in [0.25, 0.3) is 11.4 Å². The molecular formula is C21H22BrF3N6O. The van der Waals surface area contributed by atoms with Gasteiger partial charge in [-0.1, -0.05) is 0 Å². The molecule has 0 bridgehead atoms. The van der Waals surface area contributed by atoms with Crippen LogP contribution in [0, 0.1) is 0 Å². The Morgan fingerprint density at radius 1 is 1.06 bits per heavy atom. The Kier molecular flexibility index (Phi) is 6.38. The summed E-state index contributed by atoms with van der Waals surface area (Å²) in [4.78, 5) is 19.6. The number of aromatic amines is 1. The maximum atomic E-state index is 12.9. The van der Waals surface area contributed by atoms with Gasteiger partial charge >= 0.3 is 6.18 Å². The minimum atomic E-state index is -4.47. The highest BCUT2D eigenvalue weighted by Crippen LogP contribution is 2.30. The lowest BCUT2D eigenvalue weighted by Gasteiger charge is -2.34. The average molecular weight is 511 g/mol. The van der Waals surface area contributed by atoms with Crippen LogP contribution in [0.4, 0.5) is 19.1 Å². The van der Waals surface area contributed by atoms with Gasteiger partial charge in [0.15, 0.2) is 0 Å². The molecule has 7 nitrogen and oxygen atoms in total. The van der Waals surface area contributed by atoms with Crippen molar-refractivity contribution in [1.82, 2.24) is 24.8 Å². The summed E-state index contributed by atoms with van der Waals surface area (Å²) < 4.78 is 44.2. The normalized spacial score (nSPS) is 16.4. The van der Waals surface area contributed by atoms with Gasteiger partial charge in [-0.25, -0.2) is 15.0 Å². The Balaban J connectivity index is 0.00000245. The first-order chi connectivity index (χ1) is 15.0. The summed E-state index contributed by atoms with van der Waals surface area (Å²) in [5.41, 5.74) is 2.31. The van der Waals surface area contributed by atoms with E-state index in [4.69, 9.17) is 4.74 Å². The van der Waals surface area contributed by atoms with Crippen LogP contribution in [0.2, 0.25) is 0 Å². The molecular weight excluding hydrogens is 489 g/mol. The lowest BCUT2D eigenvalue weighted by Crippen LogP contribution is -2.46. The number of alkyl halides is 3. The van der Waals surface area contributed by atoms with Crippen molar-refractivity contribution < 1.29 is 17.9 Å². The molecule has 170 valence electrons. The third kappa shape index (κ3) is 4.73. The van der Waals surface area contributed by atoms with E-state index in [-0.39, 0.29) is 22.9 Å². The molecule has 0 amide bonds. The molecule has 3 aromatic rings. The van der Waals surface area contributed by atoms with Crippen molar-refractivity contribution in [1.29, 1.82) is 0 Å². The molecule has 1 fully saturated rings. The number of benzene rings is 1. The number of hydrogen-bond acceptors (Lipinski definition) is 6. The predicted molar refractivity (Wildman–Crippen MR) is 118 cm³/mol. The minimum absolute atomic E-state index is 0. The predicted octanol–water partition coefficient (Wildman–Crippen LogP) is 3.72. The molecule has 1 aromatic carbocycles. The number of halogens is 4. The Morgan fingerprint density at radius 2 is 1.88 bits per heavy atom. The maximum Gasteiger partial charge on any atom is 0.433 e. The molecule has 4 heterocycles. The smallest absolute Gasteiger partial charge is 0.433 e. The monoisotopic (exact) mass is 510 g/mol. The van der Waals surface area contributed by atoms with Gasteiger partial charge in [0.1, 0.15) is 17.3 Å². The average Bonchev–Trinajstić information content (AvgIpc) is 3.42. The van der Waals surface area contributed by atoms with E-state index in [9.17, 15) is 13.2 Å². The van der Waals surface area contributed by atoms with E-state index in [0.29, 0.717) is 32.7 Å². The molecule has 0 saturated carbocycles. The number of piperazine rings is 1. The second-order valence-corrected chi connectivity index (χ2v) is 7.68. The van der Waals surface area contributed by atoms with E-state index in [2.05, 4.69) is 30.9 Å². The van der Waals surface area contributed by atoms with E-state index in [0.717, 1.165) is 48.1 Å². The fourth-order valence-electron chi connectivity index (χ4n) is 3.93. The molecule has 0 atom stereocenters. The second kappa shape index (κ2) is 9.07. The van der Waals surface area contributed by atoms with Crippen molar-refractivity contribution >= 4 is 22.9 Å². The van der Waals surface area contributed by atoms with Crippen LogP contribution in [0.3, 0.4) is 0 Å². The number of H-pyrrole nitrogens is 1. The first-order valence-electron chi connectivity index (χ1n) is 10.1. The minimum Gasteiger partial charge on any atom is -0.493 e. The van der Waals surface area contributed by atoms with Gasteiger partial charge < -0.3 is 14.6 Å². The van der Waals surface area contributed by atoms with Gasteiger partial charge in [-0.15, -0.1) is 17.0 Å². The molecule has 0 aliphatic carbocycles.